The van der Waals surface area contributed by atoms with Crippen molar-refractivity contribution in [3.8, 4) is 11.3 Å². The fraction of sp³-hybridized carbons (Fsp3) is 0.0952. The van der Waals surface area contributed by atoms with E-state index in [1.54, 1.807) is 6.92 Å². The van der Waals surface area contributed by atoms with E-state index in [0.29, 0.717) is 26.5 Å². The zero-order chi connectivity index (χ0) is 21.4. The number of hydrogen-bond acceptors (Lipinski definition) is 7. The van der Waals surface area contributed by atoms with Gasteiger partial charge in [-0.15, -0.1) is 21.5 Å². The molecular formula is C21H15ClN6OS2. The number of rotatable bonds is 5. The third kappa shape index (κ3) is 3.99. The molecular weight excluding hydrogens is 452 g/mol. The number of hydrogen-bond donors (Lipinski definition) is 2. The van der Waals surface area contributed by atoms with Gasteiger partial charge in [0.2, 0.25) is 11.1 Å². The molecule has 0 bridgehead atoms. The van der Waals surface area contributed by atoms with Crippen LogP contribution in [0, 0.1) is 0 Å². The van der Waals surface area contributed by atoms with Crippen molar-refractivity contribution < 1.29 is 4.79 Å². The highest BCUT2D eigenvalue weighted by atomic mass is 35.5. The van der Waals surface area contributed by atoms with Gasteiger partial charge in [0.25, 0.3) is 0 Å². The van der Waals surface area contributed by atoms with Crippen LogP contribution in [-0.4, -0.2) is 36.3 Å². The minimum absolute atomic E-state index is 0.189. The van der Waals surface area contributed by atoms with E-state index in [9.17, 15) is 4.79 Å². The van der Waals surface area contributed by atoms with E-state index >= 15 is 0 Å². The smallest absolute Gasteiger partial charge is 0.239 e. The Balaban J connectivity index is 1.29. The van der Waals surface area contributed by atoms with Crippen LogP contribution in [0.15, 0.2) is 59.1 Å². The number of nitrogens with zero attached hydrogens (tertiary/aromatic N) is 4. The zero-order valence-electron chi connectivity index (χ0n) is 16.2. The highest BCUT2D eigenvalue weighted by molar-refractivity contribution is 8.00. The molecule has 7 nitrogen and oxygen atoms in total. The summed E-state index contributed by atoms with van der Waals surface area (Å²) in [6.45, 7) is 1.79. The largest absolute Gasteiger partial charge is 0.338 e. The summed E-state index contributed by atoms with van der Waals surface area (Å²) < 4.78 is 0. The first kappa shape index (κ1) is 19.9. The summed E-state index contributed by atoms with van der Waals surface area (Å²) in [6, 6.07) is 15.3. The normalized spacial score (nSPS) is 12.3. The van der Waals surface area contributed by atoms with Gasteiger partial charge >= 0.3 is 0 Å². The predicted octanol–water partition coefficient (Wildman–Crippen LogP) is 5.40. The number of aromatic nitrogens is 5. The van der Waals surface area contributed by atoms with E-state index in [0.717, 1.165) is 22.2 Å². The molecule has 0 saturated carbocycles. The molecule has 1 unspecified atom stereocenters. The number of amides is 1. The molecule has 0 aliphatic carbocycles. The molecule has 0 fully saturated rings. The summed E-state index contributed by atoms with van der Waals surface area (Å²) in [7, 11) is 0. The number of carbonyl (C=O) groups is 1. The first-order valence-corrected chi connectivity index (χ1v) is 11.5. The topological polar surface area (TPSA) is 96.5 Å². The number of H-pyrrole nitrogens is 1. The third-order valence-electron chi connectivity index (χ3n) is 4.64. The van der Waals surface area contributed by atoms with Gasteiger partial charge in [0.05, 0.1) is 10.9 Å². The highest BCUT2D eigenvalue weighted by Gasteiger charge is 2.19. The Morgan fingerprint density at radius 3 is 2.81 bits per heavy atom. The van der Waals surface area contributed by atoms with Crippen LogP contribution < -0.4 is 5.32 Å². The fourth-order valence-electron chi connectivity index (χ4n) is 3.10. The molecule has 3 heterocycles. The number of thiazole rings is 1. The average Bonchev–Trinajstić information content (AvgIpc) is 3.38. The second-order valence-corrected chi connectivity index (χ2v) is 9.30. The Hall–Kier alpha value is -3.01. The monoisotopic (exact) mass is 466 g/mol. The van der Waals surface area contributed by atoms with Crippen molar-refractivity contribution in [2.24, 2.45) is 0 Å². The molecule has 2 aromatic carbocycles. The van der Waals surface area contributed by atoms with Gasteiger partial charge in [0.15, 0.2) is 10.8 Å². The number of fused-ring (bicyclic) bond motifs is 3. The second-order valence-electron chi connectivity index (χ2n) is 6.73. The molecule has 5 rings (SSSR count). The zero-order valence-corrected chi connectivity index (χ0v) is 18.6. The summed E-state index contributed by atoms with van der Waals surface area (Å²) in [5, 5.41) is 15.3. The lowest BCUT2D eigenvalue weighted by atomic mass is 10.2. The van der Waals surface area contributed by atoms with Gasteiger partial charge in [0, 0.05) is 26.9 Å². The molecule has 0 aliphatic rings. The fourth-order valence-corrected chi connectivity index (χ4v) is 4.76. The molecule has 0 radical (unpaired) electrons. The van der Waals surface area contributed by atoms with Crippen molar-refractivity contribution >= 4 is 67.8 Å². The maximum Gasteiger partial charge on any atom is 0.239 e. The van der Waals surface area contributed by atoms with Gasteiger partial charge in [-0.3, -0.25) is 4.79 Å². The number of benzene rings is 2. The van der Waals surface area contributed by atoms with Crippen molar-refractivity contribution in [1.82, 2.24) is 25.1 Å². The molecule has 0 saturated heterocycles. The van der Waals surface area contributed by atoms with Crippen LogP contribution in [0.3, 0.4) is 0 Å². The predicted molar refractivity (Wildman–Crippen MR) is 126 cm³/mol. The standard InChI is InChI=1S/C21H15ClN6OS2/c1-11(19(29)26-20-24-16(10-30-20)12-6-2-4-8-14(12)22)31-21-25-18-17(27-28-21)13-7-3-5-9-15(13)23-18/h2-11H,1H3,(H,23,25,28)(H,24,26,29). The summed E-state index contributed by atoms with van der Waals surface area (Å²) in [5.41, 5.74) is 3.87. The SMILES string of the molecule is CC(Sc1nnc2c(n1)[nH]c1ccccc12)C(=O)Nc1nc(-c2ccccc2Cl)cs1. The van der Waals surface area contributed by atoms with Crippen molar-refractivity contribution in [2.75, 3.05) is 5.32 Å². The van der Waals surface area contributed by atoms with Gasteiger partial charge in [-0.2, -0.15) is 0 Å². The van der Waals surface area contributed by atoms with Gasteiger partial charge in [0.1, 0.15) is 5.52 Å². The van der Waals surface area contributed by atoms with Gasteiger partial charge in [-0.05, 0) is 19.1 Å². The molecule has 154 valence electrons. The number of anilines is 1. The van der Waals surface area contributed by atoms with Crippen LogP contribution in [0.1, 0.15) is 6.92 Å². The van der Waals surface area contributed by atoms with Crippen LogP contribution in [0.2, 0.25) is 5.02 Å². The molecule has 1 atom stereocenters. The van der Waals surface area contributed by atoms with Crippen molar-refractivity contribution in [1.29, 1.82) is 0 Å². The van der Waals surface area contributed by atoms with E-state index in [4.69, 9.17) is 11.6 Å². The highest BCUT2D eigenvalue weighted by Crippen LogP contribution is 2.31. The van der Waals surface area contributed by atoms with Crippen molar-refractivity contribution in [3.63, 3.8) is 0 Å². The Labute approximate surface area is 190 Å². The van der Waals surface area contributed by atoms with Crippen LogP contribution in [0.5, 0.6) is 0 Å². The summed E-state index contributed by atoms with van der Waals surface area (Å²) in [6.07, 6.45) is 0. The second kappa shape index (κ2) is 8.26. The first-order valence-electron chi connectivity index (χ1n) is 9.37. The van der Waals surface area contributed by atoms with E-state index in [-0.39, 0.29) is 5.91 Å². The van der Waals surface area contributed by atoms with Crippen molar-refractivity contribution in [2.45, 2.75) is 17.3 Å². The minimum atomic E-state index is -0.434. The van der Waals surface area contributed by atoms with Crippen LogP contribution in [-0.2, 0) is 4.79 Å². The molecule has 0 aliphatic heterocycles. The Kier molecular flexibility index (Phi) is 5.31. The van der Waals surface area contributed by atoms with Crippen LogP contribution in [0.4, 0.5) is 5.13 Å². The maximum absolute atomic E-state index is 12.7. The molecule has 5 aromatic rings. The quantitative estimate of drug-likeness (QED) is 0.336. The summed E-state index contributed by atoms with van der Waals surface area (Å²) >= 11 is 8.82. The number of nitrogens with one attached hydrogen (secondary N) is 2. The molecule has 0 spiro atoms. The number of thioether (sulfide) groups is 1. The van der Waals surface area contributed by atoms with E-state index in [2.05, 4.69) is 30.5 Å². The Bertz CT molecular complexity index is 1420. The van der Waals surface area contributed by atoms with Crippen molar-refractivity contribution in [3.05, 3.63) is 58.9 Å². The minimum Gasteiger partial charge on any atom is -0.338 e. The average molecular weight is 467 g/mol. The molecule has 3 aromatic heterocycles. The van der Waals surface area contributed by atoms with Gasteiger partial charge < -0.3 is 10.3 Å². The Morgan fingerprint density at radius 1 is 1.13 bits per heavy atom. The van der Waals surface area contributed by atoms with E-state index in [1.807, 2.05) is 53.9 Å². The molecule has 10 heteroatoms. The van der Waals surface area contributed by atoms with E-state index in [1.165, 1.54) is 23.1 Å². The Morgan fingerprint density at radius 2 is 1.94 bits per heavy atom. The van der Waals surface area contributed by atoms with Gasteiger partial charge in [-0.25, -0.2) is 9.97 Å². The van der Waals surface area contributed by atoms with E-state index < -0.39 is 5.25 Å². The lowest BCUT2D eigenvalue weighted by Gasteiger charge is -2.08. The molecule has 1 amide bonds. The lowest BCUT2D eigenvalue weighted by molar-refractivity contribution is -0.115. The lowest BCUT2D eigenvalue weighted by Crippen LogP contribution is -2.22. The number of halogens is 1. The molecule has 2 N–H and O–H groups in total. The first-order chi connectivity index (χ1) is 15.1. The maximum atomic E-state index is 12.7. The third-order valence-corrected chi connectivity index (χ3v) is 6.68. The summed E-state index contributed by atoms with van der Waals surface area (Å²) in [5.74, 6) is -0.189. The summed E-state index contributed by atoms with van der Waals surface area (Å²) in [4.78, 5) is 24.9. The number of aromatic amines is 1. The number of carbonyl (C=O) groups excluding carboxylic acids is 1. The number of para-hydroxylation sites is 1. The molecule has 31 heavy (non-hydrogen) atoms. The van der Waals surface area contributed by atoms with Gasteiger partial charge in [-0.1, -0.05) is 59.8 Å². The van der Waals surface area contributed by atoms with Crippen LogP contribution >= 0.6 is 34.7 Å². The van der Waals surface area contributed by atoms with Crippen LogP contribution in [0.25, 0.3) is 33.3 Å².